The lowest BCUT2D eigenvalue weighted by Crippen LogP contribution is -2.13. The number of hydrogen-bond donors (Lipinski definition) is 1. The van der Waals surface area contributed by atoms with Crippen molar-refractivity contribution in [3.63, 3.8) is 0 Å². The maximum absolute atomic E-state index is 11.4. The van der Waals surface area contributed by atoms with Gasteiger partial charge in [0.05, 0.1) is 20.8 Å². The molecule has 0 amide bonds. The van der Waals surface area contributed by atoms with Gasteiger partial charge in [-0.05, 0) is 44.4 Å². The van der Waals surface area contributed by atoms with Gasteiger partial charge in [0.1, 0.15) is 6.54 Å². The predicted molar refractivity (Wildman–Crippen MR) is 94.0 cm³/mol. The van der Waals surface area contributed by atoms with E-state index in [1.54, 1.807) is 21.1 Å². The van der Waals surface area contributed by atoms with Crippen LogP contribution in [-0.4, -0.2) is 39.1 Å². The van der Waals surface area contributed by atoms with Crippen molar-refractivity contribution in [2.24, 2.45) is 4.99 Å². The fraction of sp³-hybridized carbons (Fsp3) is 0.444. The number of hydrogen-bond acceptors (Lipinski definition) is 6. The number of anilines is 1. The van der Waals surface area contributed by atoms with Gasteiger partial charge < -0.3 is 19.5 Å². The van der Waals surface area contributed by atoms with Gasteiger partial charge in [-0.15, -0.1) is 0 Å². The molecule has 1 aromatic carbocycles. The third kappa shape index (κ3) is 5.01. The van der Waals surface area contributed by atoms with Gasteiger partial charge in [0, 0.05) is 23.2 Å². The molecule has 0 aliphatic heterocycles. The van der Waals surface area contributed by atoms with E-state index in [9.17, 15) is 4.79 Å². The number of allylic oxidation sites excluding steroid dienone is 2. The number of carbonyl (C=O) groups is 1. The Morgan fingerprint density at radius 3 is 2.71 bits per heavy atom. The van der Waals surface area contributed by atoms with E-state index in [0.717, 1.165) is 36.4 Å². The average Bonchev–Trinajstić information content (AvgIpc) is 2.60. The number of nitrogens with zero attached hydrogens (tertiary/aromatic N) is 1. The second-order valence-electron chi connectivity index (χ2n) is 5.33. The van der Waals surface area contributed by atoms with Crippen LogP contribution >= 0.6 is 0 Å². The molecule has 0 radical (unpaired) electrons. The van der Waals surface area contributed by atoms with Crippen LogP contribution in [0, 0.1) is 0 Å². The van der Waals surface area contributed by atoms with Crippen LogP contribution in [0.1, 0.15) is 26.2 Å². The van der Waals surface area contributed by atoms with Crippen molar-refractivity contribution in [3.05, 3.63) is 30.0 Å². The zero-order valence-corrected chi connectivity index (χ0v) is 14.4. The highest BCUT2D eigenvalue weighted by atomic mass is 16.5. The lowest BCUT2D eigenvalue weighted by atomic mass is 10.0. The van der Waals surface area contributed by atoms with Crippen molar-refractivity contribution < 1.29 is 19.0 Å². The summed E-state index contributed by atoms with van der Waals surface area (Å²) in [7, 11) is 3.22. The maximum Gasteiger partial charge on any atom is 0.327 e. The third-order valence-electron chi connectivity index (χ3n) is 3.62. The van der Waals surface area contributed by atoms with Crippen molar-refractivity contribution >= 4 is 17.4 Å². The van der Waals surface area contributed by atoms with E-state index in [-0.39, 0.29) is 12.5 Å². The molecule has 0 fully saturated rings. The lowest BCUT2D eigenvalue weighted by Gasteiger charge is -2.17. The maximum atomic E-state index is 11.4. The Kier molecular flexibility index (Phi) is 6.66. The van der Waals surface area contributed by atoms with Crippen molar-refractivity contribution in [1.82, 2.24) is 0 Å². The average molecular weight is 332 g/mol. The summed E-state index contributed by atoms with van der Waals surface area (Å²) in [6, 6.07) is 5.69. The highest BCUT2D eigenvalue weighted by Gasteiger charge is 2.11. The molecule has 130 valence electrons. The van der Waals surface area contributed by atoms with E-state index in [4.69, 9.17) is 14.2 Å². The zero-order chi connectivity index (χ0) is 17.4. The second kappa shape index (κ2) is 8.96. The SMILES string of the molecule is CCOC(=O)CN=C1C=C(Nc2ccc(OC)c(OC)c2)CCC1. The molecule has 1 aliphatic rings. The van der Waals surface area contributed by atoms with E-state index in [2.05, 4.69) is 10.3 Å². The molecule has 0 aromatic heterocycles. The number of methoxy groups -OCH3 is 2. The van der Waals surface area contributed by atoms with Crippen LogP contribution in [0.2, 0.25) is 0 Å². The van der Waals surface area contributed by atoms with Gasteiger partial charge in [0.25, 0.3) is 0 Å². The first-order chi connectivity index (χ1) is 11.7. The molecule has 0 bridgehead atoms. The monoisotopic (exact) mass is 332 g/mol. The van der Waals surface area contributed by atoms with Crippen molar-refractivity contribution in [2.75, 3.05) is 32.7 Å². The third-order valence-corrected chi connectivity index (χ3v) is 3.62. The highest BCUT2D eigenvalue weighted by Crippen LogP contribution is 2.31. The molecule has 0 atom stereocenters. The van der Waals surface area contributed by atoms with Gasteiger partial charge in [0.2, 0.25) is 0 Å². The number of rotatable bonds is 7. The topological polar surface area (TPSA) is 69.2 Å². The summed E-state index contributed by atoms with van der Waals surface area (Å²) in [5, 5.41) is 3.38. The van der Waals surface area contributed by atoms with Crippen molar-refractivity contribution in [2.45, 2.75) is 26.2 Å². The Balaban J connectivity index is 2.06. The Hall–Kier alpha value is -2.50. The molecule has 0 spiro atoms. The summed E-state index contributed by atoms with van der Waals surface area (Å²) in [4.78, 5) is 15.7. The molecular formula is C18H24N2O4. The quantitative estimate of drug-likeness (QED) is 0.777. The van der Waals surface area contributed by atoms with Gasteiger partial charge in [-0.25, -0.2) is 0 Å². The van der Waals surface area contributed by atoms with Gasteiger partial charge in [-0.3, -0.25) is 9.79 Å². The normalized spacial score (nSPS) is 15.6. The first-order valence-electron chi connectivity index (χ1n) is 8.04. The molecule has 0 unspecified atom stereocenters. The number of benzene rings is 1. The molecule has 2 rings (SSSR count). The molecule has 1 aliphatic carbocycles. The van der Waals surface area contributed by atoms with Gasteiger partial charge in [0.15, 0.2) is 11.5 Å². The Morgan fingerprint density at radius 2 is 2.00 bits per heavy atom. The fourth-order valence-corrected chi connectivity index (χ4v) is 2.50. The smallest absolute Gasteiger partial charge is 0.327 e. The summed E-state index contributed by atoms with van der Waals surface area (Å²) in [6.07, 6.45) is 4.80. The standard InChI is InChI=1S/C18H24N2O4/c1-4-24-18(21)12-19-13-6-5-7-14(10-13)20-15-8-9-16(22-2)17(11-15)23-3/h8-11,20H,4-7,12H2,1-3H3. The van der Waals surface area contributed by atoms with Crippen LogP contribution in [0.15, 0.2) is 35.0 Å². The van der Waals surface area contributed by atoms with Crippen LogP contribution in [-0.2, 0) is 9.53 Å². The summed E-state index contributed by atoms with van der Waals surface area (Å²) < 4.78 is 15.5. The summed E-state index contributed by atoms with van der Waals surface area (Å²) >= 11 is 0. The molecule has 0 heterocycles. The van der Waals surface area contributed by atoms with Gasteiger partial charge in [-0.2, -0.15) is 0 Å². The van der Waals surface area contributed by atoms with Crippen LogP contribution < -0.4 is 14.8 Å². The molecule has 0 saturated heterocycles. The molecule has 1 N–H and O–H groups in total. The zero-order valence-electron chi connectivity index (χ0n) is 14.4. The molecular weight excluding hydrogens is 308 g/mol. The van der Waals surface area contributed by atoms with Crippen LogP contribution in [0.25, 0.3) is 0 Å². The fourth-order valence-electron chi connectivity index (χ4n) is 2.50. The minimum absolute atomic E-state index is 0.0727. The van der Waals surface area contributed by atoms with E-state index in [1.807, 2.05) is 24.3 Å². The first kappa shape index (κ1) is 17.8. The van der Waals surface area contributed by atoms with Crippen molar-refractivity contribution in [3.8, 4) is 11.5 Å². The first-order valence-corrected chi connectivity index (χ1v) is 8.04. The largest absolute Gasteiger partial charge is 0.493 e. The van der Waals surface area contributed by atoms with Crippen LogP contribution in [0.3, 0.4) is 0 Å². The number of esters is 1. The molecule has 24 heavy (non-hydrogen) atoms. The van der Waals surface area contributed by atoms with E-state index in [1.165, 1.54) is 0 Å². The van der Waals surface area contributed by atoms with E-state index in [0.29, 0.717) is 18.1 Å². The number of aliphatic imine (C=N–C) groups is 1. The van der Waals surface area contributed by atoms with E-state index < -0.39 is 0 Å². The summed E-state index contributed by atoms with van der Waals surface area (Å²) in [6.45, 7) is 2.24. The minimum Gasteiger partial charge on any atom is -0.493 e. The highest BCUT2D eigenvalue weighted by molar-refractivity contribution is 5.97. The number of ether oxygens (including phenoxy) is 3. The van der Waals surface area contributed by atoms with Gasteiger partial charge in [-0.1, -0.05) is 0 Å². The Bertz CT molecular complexity index is 638. The molecule has 6 nitrogen and oxygen atoms in total. The van der Waals surface area contributed by atoms with Gasteiger partial charge >= 0.3 is 5.97 Å². The summed E-state index contributed by atoms with van der Waals surface area (Å²) in [5.41, 5.74) is 2.90. The predicted octanol–water partition coefficient (Wildman–Crippen LogP) is 3.19. The summed E-state index contributed by atoms with van der Waals surface area (Å²) in [5.74, 6) is 1.07. The Labute approximate surface area is 142 Å². The van der Waals surface area contributed by atoms with Crippen molar-refractivity contribution in [1.29, 1.82) is 0 Å². The Morgan fingerprint density at radius 1 is 1.21 bits per heavy atom. The minimum atomic E-state index is -0.293. The molecule has 6 heteroatoms. The van der Waals surface area contributed by atoms with Crippen LogP contribution in [0.4, 0.5) is 5.69 Å². The number of nitrogens with one attached hydrogen (secondary N) is 1. The number of carbonyl (C=O) groups excluding carboxylic acids is 1. The molecule has 1 aromatic rings. The van der Waals surface area contributed by atoms with E-state index >= 15 is 0 Å². The molecule has 0 saturated carbocycles. The lowest BCUT2D eigenvalue weighted by molar-refractivity contribution is -0.141. The van der Waals surface area contributed by atoms with Crippen LogP contribution in [0.5, 0.6) is 11.5 Å². The second-order valence-corrected chi connectivity index (χ2v) is 5.33.